The molecule has 0 spiro atoms. The fourth-order valence-corrected chi connectivity index (χ4v) is 3.70. The van der Waals surface area contributed by atoms with E-state index in [0.29, 0.717) is 11.9 Å². The third-order valence-electron chi connectivity index (χ3n) is 5.94. The number of benzene rings is 1. The summed E-state index contributed by atoms with van der Waals surface area (Å²) in [5.41, 5.74) is 8.44. The summed E-state index contributed by atoms with van der Waals surface area (Å²) in [7, 11) is 0. The van der Waals surface area contributed by atoms with Crippen LogP contribution in [0.5, 0.6) is 0 Å². The van der Waals surface area contributed by atoms with E-state index in [1.807, 2.05) is 6.92 Å². The molecule has 1 fully saturated rings. The Balaban J connectivity index is 2.31. The molecule has 0 bridgehead atoms. The molecule has 1 aliphatic heterocycles. The van der Waals surface area contributed by atoms with Crippen LogP contribution < -0.4 is 0 Å². The summed E-state index contributed by atoms with van der Waals surface area (Å²) in [6.45, 7) is 17.5. The van der Waals surface area contributed by atoms with Gasteiger partial charge >= 0.3 is 0 Å². The zero-order valence-electron chi connectivity index (χ0n) is 14.8. The van der Waals surface area contributed by atoms with E-state index in [4.69, 9.17) is 0 Å². The summed E-state index contributed by atoms with van der Waals surface area (Å²) in [6.07, 6.45) is 0.961. The number of nitrogens with zero attached hydrogens (tertiary/aromatic N) is 1. The summed E-state index contributed by atoms with van der Waals surface area (Å²) < 4.78 is 0. The highest BCUT2D eigenvalue weighted by atomic mass is 16.2. The number of β-lactam (4-membered cyclic amide) rings is 1. The minimum atomic E-state index is 0.191. The van der Waals surface area contributed by atoms with Crippen LogP contribution in [0.1, 0.15) is 54.2 Å². The van der Waals surface area contributed by atoms with Gasteiger partial charge in [-0.2, -0.15) is 0 Å². The largest absolute Gasteiger partial charge is 0.336 e. The van der Waals surface area contributed by atoms with Crippen molar-refractivity contribution >= 4 is 5.91 Å². The molecule has 1 amide bonds. The van der Waals surface area contributed by atoms with Gasteiger partial charge < -0.3 is 4.90 Å². The van der Waals surface area contributed by atoms with Crippen LogP contribution in [0.3, 0.4) is 0 Å². The lowest BCUT2D eigenvalue weighted by atomic mass is 9.84. The average Bonchev–Trinajstić information content (AvgIpc) is 2.47. The second-order valence-electron chi connectivity index (χ2n) is 6.93. The Hall–Kier alpha value is -1.31. The van der Waals surface area contributed by atoms with Crippen molar-refractivity contribution in [1.82, 2.24) is 4.90 Å². The van der Waals surface area contributed by atoms with Crippen molar-refractivity contribution in [2.45, 2.75) is 73.9 Å². The van der Waals surface area contributed by atoms with Gasteiger partial charge in [0.25, 0.3) is 0 Å². The van der Waals surface area contributed by atoms with E-state index in [2.05, 4.69) is 53.4 Å². The third kappa shape index (κ3) is 2.39. The molecule has 1 aromatic rings. The summed E-state index contributed by atoms with van der Waals surface area (Å²) >= 11 is 0. The highest BCUT2D eigenvalue weighted by molar-refractivity contribution is 5.85. The van der Waals surface area contributed by atoms with Crippen molar-refractivity contribution in [3.05, 3.63) is 33.4 Å². The number of carbonyl (C=O) groups is 1. The lowest BCUT2D eigenvalue weighted by molar-refractivity contribution is -0.157. The maximum Gasteiger partial charge on any atom is 0.227 e. The number of carbonyl (C=O) groups excluding carboxylic acids is 1. The summed E-state index contributed by atoms with van der Waals surface area (Å²) in [5, 5.41) is 0. The number of hydrogen-bond acceptors (Lipinski definition) is 1. The van der Waals surface area contributed by atoms with Crippen molar-refractivity contribution in [3.8, 4) is 0 Å². The molecule has 3 atom stereocenters. The zero-order chi connectivity index (χ0) is 16.1. The predicted molar refractivity (Wildman–Crippen MR) is 88.8 cm³/mol. The molecule has 1 aliphatic rings. The molecular formula is C19H29NO. The Morgan fingerprint density at radius 3 is 1.76 bits per heavy atom. The van der Waals surface area contributed by atoms with E-state index in [9.17, 15) is 4.79 Å². The van der Waals surface area contributed by atoms with Gasteiger partial charge in [0.15, 0.2) is 0 Å². The quantitative estimate of drug-likeness (QED) is 0.769. The average molecular weight is 287 g/mol. The lowest BCUT2D eigenvalue weighted by Gasteiger charge is -2.48. The first-order valence-corrected chi connectivity index (χ1v) is 8.06. The highest BCUT2D eigenvalue weighted by Gasteiger charge is 2.43. The SMILES string of the molecule is Cc1c(C)c(C)c(CC(C)N2C(=O)C(C)C2C)c(C)c1C. The molecule has 2 rings (SSSR count). The summed E-state index contributed by atoms with van der Waals surface area (Å²) in [4.78, 5) is 14.2. The molecule has 0 aromatic heterocycles. The van der Waals surface area contributed by atoms with E-state index in [0.717, 1.165) is 6.42 Å². The molecule has 21 heavy (non-hydrogen) atoms. The second kappa shape index (κ2) is 5.47. The first kappa shape index (κ1) is 16.1. The van der Waals surface area contributed by atoms with Crippen molar-refractivity contribution < 1.29 is 4.79 Å². The van der Waals surface area contributed by atoms with Gasteiger partial charge in [0.05, 0.1) is 5.92 Å². The van der Waals surface area contributed by atoms with E-state index >= 15 is 0 Å². The topological polar surface area (TPSA) is 20.3 Å². The molecule has 3 unspecified atom stereocenters. The first-order valence-electron chi connectivity index (χ1n) is 8.06. The maximum absolute atomic E-state index is 12.1. The van der Waals surface area contributed by atoms with Crippen LogP contribution in [-0.4, -0.2) is 22.9 Å². The predicted octanol–water partition coefficient (Wildman–Crippen LogP) is 4.03. The minimum Gasteiger partial charge on any atom is -0.336 e. The Morgan fingerprint density at radius 2 is 1.33 bits per heavy atom. The number of amides is 1. The first-order chi connectivity index (χ1) is 9.68. The van der Waals surface area contributed by atoms with Gasteiger partial charge in [-0.1, -0.05) is 6.92 Å². The van der Waals surface area contributed by atoms with Crippen molar-refractivity contribution in [3.63, 3.8) is 0 Å². The molecule has 1 aromatic carbocycles. The molecule has 0 radical (unpaired) electrons. The van der Waals surface area contributed by atoms with Crippen molar-refractivity contribution in [1.29, 1.82) is 0 Å². The van der Waals surface area contributed by atoms with Gasteiger partial charge in [-0.15, -0.1) is 0 Å². The normalized spacial score (nSPS) is 23.2. The van der Waals surface area contributed by atoms with Gasteiger partial charge in [0.2, 0.25) is 5.91 Å². The molecule has 0 aliphatic carbocycles. The zero-order valence-corrected chi connectivity index (χ0v) is 14.8. The van der Waals surface area contributed by atoms with E-state index in [1.165, 1.54) is 33.4 Å². The van der Waals surface area contributed by atoms with Crippen molar-refractivity contribution in [2.75, 3.05) is 0 Å². The third-order valence-corrected chi connectivity index (χ3v) is 5.94. The lowest BCUT2D eigenvalue weighted by Crippen LogP contribution is -2.62. The standard InChI is InChI=1S/C19H29NO/c1-10(20-17(8)16(7)19(20)21)9-18-14(5)12(3)11(2)13(4)15(18)6/h10,16-17H,9H2,1-8H3. The van der Waals surface area contributed by atoms with Crippen LogP contribution in [0.15, 0.2) is 0 Å². The molecule has 1 heterocycles. The maximum atomic E-state index is 12.1. The van der Waals surface area contributed by atoms with Gasteiger partial charge in [0, 0.05) is 12.1 Å². The van der Waals surface area contributed by atoms with Gasteiger partial charge in [-0.05, 0) is 88.3 Å². The molecule has 2 nitrogen and oxygen atoms in total. The Kier molecular flexibility index (Phi) is 4.19. The molecular weight excluding hydrogens is 258 g/mol. The van der Waals surface area contributed by atoms with Crippen LogP contribution in [0.2, 0.25) is 0 Å². The number of likely N-dealkylation sites (tertiary alicyclic amines) is 1. The van der Waals surface area contributed by atoms with E-state index in [1.54, 1.807) is 0 Å². The molecule has 0 N–H and O–H groups in total. The molecule has 1 saturated heterocycles. The number of hydrogen-bond donors (Lipinski definition) is 0. The fraction of sp³-hybridized carbons (Fsp3) is 0.632. The van der Waals surface area contributed by atoms with Crippen LogP contribution in [0, 0.1) is 40.5 Å². The minimum absolute atomic E-state index is 0.191. The summed E-state index contributed by atoms with van der Waals surface area (Å²) in [5.74, 6) is 0.502. The van der Waals surface area contributed by atoms with Crippen LogP contribution >= 0.6 is 0 Å². The van der Waals surface area contributed by atoms with Crippen LogP contribution in [-0.2, 0) is 11.2 Å². The van der Waals surface area contributed by atoms with E-state index in [-0.39, 0.29) is 12.0 Å². The van der Waals surface area contributed by atoms with Crippen molar-refractivity contribution in [2.24, 2.45) is 5.92 Å². The monoisotopic (exact) mass is 287 g/mol. The smallest absolute Gasteiger partial charge is 0.227 e. The van der Waals surface area contributed by atoms with Gasteiger partial charge in [-0.25, -0.2) is 0 Å². The molecule has 0 saturated carbocycles. The van der Waals surface area contributed by atoms with Crippen LogP contribution in [0.25, 0.3) is 0 Å². The van der Waals surface area contributed by atoms with Gasteiger partial charge in [0.1, 0.15) is 0 Å². The Bertz CT molecular complexity index is 559. The number of rotatable bonds is 3. The van der Waals surface area contributed by atoms with Gasteiger partial charge in [-0.3, -0.25) is 4.79 Å². The Morgan fingerprint density at radius 1 is 0.905 bits per heavy atom. The Labute approximate surface area is 129 Å². The highest BCUT2D eigenvalue weighted by Crippen LogP contribution is 2.32. The molecule has 2 heteroatoms. The van der Waals surface area contributed by atoms with Crippen LogP contribution in [0.4, 0.5) is 0 Å². The second-order valence-corrected chi connectivity index (χ2v) is 6.93. The summed E-state index contributed by atoms with van der Waals surface area (Å²) in [6, 6.07) is 0.656. The molecule has 116 valence electrons. The fourth-order valence-electron chi connectivity index (χ4n) is 3.70. The van der Waals surface area contributed by atoms with E-state index < -0.39 is 0 Å².